The first-order valence-corrected chi connectivity index (χ1v) is 8.12. The monoisotopic (exact) mass is 350 g/mol. The number of hydrogen-bond donors (Lipinski definition) is 3. The molecule has 8 heteroatoms. The SMILES string of the molecule is COC(=O)C[C@@H]1C(=O)NCC[NH+]1CC(=O)NCc1ccccc1OC. The number of para-hydroxylation sites is 1. The maximum Gasteiger partial charge on any atom is 0.312 e. The molecule has 0 saturated carbocycles. The van der Waals surface area contributed by atoms with Crippen LogP contribution in [0.1, 0.15) is 12.0 Å². The number of amides is 2. The van der Waals surface area contributed by atoms with Crippen LogP contribution in [0.4, 0.5) is 0 Å². The van der Waals surface area contributed by atoms with E-state index >= 15 is 0 Å². The fourth-order valence-corrected chi connectivity index (χ4v) is 2.84. The van der Waals surface area contributed by atoms with Crippen LogP contribution >= 0.6 is 0 Å². The second-order valence-electron chi connectivity index (χ2n) is 5.80. The predicted octanol–water partition coefficient (Wildman–Crippen LogP) is -1.74. The van der Waals surface area contributed by atoms with Gasteiger partial charge in [-0.25, -0.2) is 0 Å². The molecule has 2 amide bonds. The van der Waals surface area contributed by atoms with Crippen LogP contribution in [-0.4, -0.2) is 57.7 Å². The minimum absolute atomic E-state index is 0.0442. The highest BCUT2D eigenvalue weighted by Gasteiger charge is 2.36. The molecule has 1 saturated heterocycles. The Bertz CT molecular complexity index is 634. The smallest absolute Gasteiger partial charge is 0.312 e. The van der Waals surface area contributed by atoms with Crippen molar-refractivity contribution in [2.45, 2.75) is 19.0 Å². The van der Waals surface area contributed by atoms with E-state index in [-0.39, 0.29) is 24.8 Å². The zero-order valence-corrected chi connectivity index (χ0v) is 14.5. The third kappa shape index (κ3) is 5.18. The number of carbonyl (C=O) groups is 3. The van der Waals surface area contributed by atoms with Crippen molar-refractivity contribution in [3.8, 4) is 5.75 Å². The molecule has 1 aliphatic heterocycles. The van der Waals surface area contributed by atoms with E-state index in [9.17, 15) is 14.4 Å². The molecule has 1 unspecified atom stereocenters. The summed E-state index contributed by atoms with van der Waals surface area (Å²) in [6, 6.07) is 6.82. The summed E-state index contributed by atoms with van der Waals surface area (Å²) in [6.07, 6.45) is -0.0442. The van der Waals surface area contributed by atoms with E-state index in [4.69, 9.17) is 4.74 Å². The number of hydrogen-bond acceptors (Lipinski definition) is 5. The van der Waals surface area contributed by atoms with Gasteiger partial charge >= 0.3 is 5.97 Å². The summed E-state index contributed by atoms with van der Waals surface area (Å²) in [5.74, 6) is -0.181. The quantitative estimate of drug-likeness (QED) is 0.507. The van der Waals surface area contributed by atoms with Gasteiger partial charge in [-0.3, -0.25) is 14.4 Å². The highest BCUT2D eigenvalue weighted by molar-refractivity contribution is 5.86. The van der Waals surface area contributed by atoms with Gasteiger partial charge in [0.05, 0.1) is 27.3 Å². The second-order valence-corrected chi connectivity index (χ2v) is 5.80. The maximum absolute atomic E-state index is 12.3. The number of quaternary nitrogens is 1. The Morgan fingerprint density at radius 1 is 1.32 bits per heavy atom. The van der Waals surface area contributed by atoms with Crippen LogP contribution in [0.25, 0.3) is 0 Å². The van der Waals surface area contributed by atoms with Crippen molar-refractivity contribution in [1.29, 1.82) is 0 Å². The lowest BCUT2D eigenvalue weighted by Crippen LogP contribution is -3.20. The molecule has 0 bridgehead atoms. The Kier molecular flexibility index (Phi) is 6.76. The topological polar surface area (TPSA) is 98.2 Å². The van der Waals surface area contributed by atoms with Crippen LogP contribution in [-0.2, 0) is 25.7 Å². The molecular formula is C17H24N3O5+. The van der Waals surface area contributed by atoms with Gasteiger partial charge in [0, 0.05) is 12.1 Å². The van der Waals surface area contributed by atoms with Crippen LogP contribution in [0, 0.1) is 0 Å². The Hall–Kier alpha value is -2.61. The lowest BCUT2D eigenvalue weighted by Gasteiger charge is -2.30. The van der Waals surface area contributed by atoms with Gasteiger partial charge in [-0.1, -0.05) is 18.2 Å². The molecule has 3 N–H and O–H groups in total. The Labute approximate surface area is 146 Å². The Balaban J connectivity index is 1.93. The summed E-state index contributed by atoms with van der Waals surface area (Å²) in [7, 11) is 2.86. The molecule has 0 aliphatic carbocycles. The molecule has 25 heavy (non-hydrogen) atoms. The minimum Gasteiger partial charge on any atom is -0.496 e. The Morgan fingerprint density at radius 2 is 2.08 bits per heavy atom. The van der Waals surface area contributed by atoms with E-state index < -0.39 is 12.0 Å². The van der Waals surface area contributed by atoms with Gasteiger partial charge in [-0.05, 0) is 6.07 Å². The molecule has 0 radical (unpaired) electrons. The van der Waals surface area contributed by atoms with Gasteiger partial charge in [0.2, 0.25) is 0 Å². The zero-order chi connectivity index (χ0) is 18.2. The van der Waals surface area contributed by atoms with Crippen LogP contribution in [0.5, 0.6) is 5.75 Å². The van der Waals surface area contributed by atoms with E-state index in [1.165, 1.54) is 7.11 Å². The Morgan fingerprint density at radius 3 is 2.80 bits per heavy atom. The van der Waals surface area contributed by atoms with Gasteiger partial charge in [0.15, 0.2) is 12.6 Å². The van der Waals surface area contributed by atoms with Crippen LogP contribution < -0.4 is 20.3 Å². The van der Waals surface area contributed by atoms with Crippen LogP contribution in [0.3, 0.4) is 0 Å². The molecule has 0 spiro atoms. The summed E-state index contributed by atoms with van der Waals surface area (Å²) in [6.45, 7) is 1.51. The molecular weight excluding hydrogens is 326 g/mol. The van der Waals surface area contributed by atoms with E-state index in [1.807, 2.05) is 24.3 Å². The number of carbonyl (C=O) groups excluding carboxylic acids is 3. The van der Waals surface area contributed by atoms with Crippen molar-refractivity contribution >= 4 is 17.8 Å². The maximum atomic E-state index is 12.3. The third-order valence-electron chi connectivity index (χ3n) is 4.21. The van der Waals surface area contributed by atoms with Crippen molar-refractivity contribution in [3.05, 3.63) is 29.8 Å². The van der Waals surface area contributed by atoms with Crippen LogP contribution in [0.15, 0.2) is 24.3 Å². The lowest BCUT2D eigenvalue weighted by molar-refractivity contribution is -0.909. The fraction of sp³-hybridized carbons (Fsp3) is 0.471. The minimum atomic E-state index is -0.613. The number of benzene rings is 1. The number of rotatable bonds is 7. The summed E-state index contributed by atoms with van der Waals surface area (Å²) in [4.78, 5) is 36.5. The van der Waals surface area contributed by atoms with Gasteiger partial charge in [-0.15, -0.1) is 0 Å². The molecule has 1 aromatic rings. The highest BCUT2D eigenvalue weighted by Crippen LogP contribution is 2.16. The van der Waals surface area contributed by atoms with E-state index in [2.05, 4.69) is 15.4 Å². The standard InChI is InChI=1S/C17H23N3O5/c1-24-14-6-4-3-5-12(14)10-19-15(21)11-20-8-7-18-17(23)13(20)9-16(22)25-2/h3-6,13H,7-11H2,1-2H3,(H,18,23)(H,19,21)/p+1/t13-/m1/s1. The fourth-order valence-electron chi connectivity index (χ4n) is 2.84. The molecule has 2 rings (SSSR count). The average Bonchev–Trinajstić information content (AvgIpc) is 2.62. The summed E-state index contributed by atoms with van der Waals surface area (Å²) in [5.41, 5.74) is 0.871. The molecule has 1 aromatic carbocycles. The number of ether oxygens (including phenoxy) is 2. The average molecular weight is 350 g/mol. The summed E-state index contributed by atoms with van der Waals surface area (Å²) < 4.78 is 9.89. The first kappa shape index (κ1) is 18.7. The van der Waals surface area contributed by atoms with Crippen molar-refractivity contribution in [2.75, 3.05) is 33.9 Å². The molecule has 0 aromatic heterocycles. The number of methoxy groups -OCH3 is 2. The predicted molar refractivity (Wildman–Crippen MR) is 89.0 cm³/mol. The van der Waals surface area contributed by atoms with Crippen molar-refractivity contribution in [3.63, 3.8) is 0 Å². The lowest BCUT2D eigenvalue weighted by atomic mass is 10.1. The molecule has 2 atom stereocenters. The van der Waals surface area contributed by atoms with Gasteiger partial charge < -0.3 is 25.0 Å². The molecule has 1 aliphatic rings. The van der Waals surface area contributed by atoms with E-state index in [1.54, 1.807) is 7.11 Å². The second kappa shape index (κ2) is 9.03. The number of nitrogens with one attached hydrogen (secondary N) is 3. The first-order valence-electron chi connectivity index (χ1n) is 8.12. The number of esters is 1. The van der Waals surface area contributed by atoms with Crippen molar-refractivity contribution in [1.82, 2.24) is 10.6 Å². The number of piperazine rings is 1. The van der Waals surface area contributed by atoms with Gasteiger partial charge in [0.1, 0.15) is 12.2 Å². The highest BCUT2D eigenvalue weighted by atomic mass is 16.5. The first-order chi connectivity index (χ1) is 12.0. The van der Waals surface area contributed by atoms with Gasteiger partial charge in [-0.2, -0.15) is 0 Å². The third-order valence-corrected chi connectivity index (χ3v) is 4.21. The van der Waals surface area contributed by atoms with E-state index in [0.29, 0.717) is 25.4 Å². The largest absolute Gasteiger partial charge is 0.496 e. The zero-order valence-electron chi connectivity index (χ0n) is 14.5. The van der Waals surface area contributed by atoms with Gasteiger partial charge in [0.25, 0.3) is 11.8 Å². The molecule has 1 heterocycles. The van der Waals surface area contributed by atoms with Crippen molar-refractivity contribution in [2.24, 2.45) is 0 Å². The van der Waals surface area contributed by atoms with E-state index in [0.717, 1.165) is 10.5 Å². The molecule has 1 fully saturated rings. The van der Waals surface area contributed by atoms with Crippen molar-refractivity contribution < 1.29 is 28.8 Å². The molecule has 8 nitrogen and oxygen atoms in total. The summed E-state index contributed by atoms with van der Waals surface area (Å²) >= 11 is 0. The van der Waals surface area contributed by atoms with Crippen LogP contribution in [0.2, 0.25) is 0 Å². The summed E-state index contributed by atoms with van der Waals surface area (Å²) in [5, 5.41) is 5.56. The normalized spacial score (nSPS) is 19.7. The molecule has 136 valence electrons.